The molecule has 0 unspecified atom stereocenters. The summed E-state index contributed by atoms with van der Waals surface area (Å²) in [6.07, 6.45) is 1.99. The van der Waals surface area contributed by atoms with Crippen LogP contribution in [0.25, 0.3) is 16.7 Å². The van der Waals surface area contributed by atoms with Gasteiger partial charge in [0.1, 0.15) is 0 Å². The second-order valence-corrected chi connectivity index (χ2v) is 5.38. The maximum Gasteiger partial charge on any atom is 0.335 e. The standard InChI is InChI=1S/C15H12N2O3S/c1-21-11-5-3-10(4-6-11)17-13-7-2-9(14(18)19)8-12(13)16-15(17)20/h2-8H,1H3,(H,16,20)(H,18,19). The third-order valence-electron chi connectivity index (χ3n) is 3.26. The molecule has 3 rings (SSSR count). The van der Waals surface area contributed by atoms with Gasteiger partial charge in [-0.2, -0.15) is 0 Å². The largest absolute Gasteiger partial charge is 0.478 e. The van der Waals surface area contributed by atoms with E-state index in [9.17, 15) is 9.59 Å². The minimum atomic E-state index is -1.02. The molecule has 6 heteroatoms. The molecule has 0 spiro atoms. The van der Waals surface area contributed by atoms with Crippen LogP contribution in [0, 0.1) is 0 Å². The molecule has 0 atom stereocenters. The number of nitrogens with one attached hydrogen (secondary N) is 1. The lowest BCUT2D eigenvalue weighted by Crippen LogP contribution is -2.14. The molecule has 5 nitrogen and oxygen atoms in total. The summed E-state index contributed by atoms with van der Waals surface area (Å²) >= 11 is 1.63. The predicted molar refractivity (Wildman–Crippen MR) is 82.6 cm³/mol. The zero-order chi connectivity index (χ0) is 15.0. The number of aromatic amines is 1. The Kier molecular flexibility index (Phi) is 3.31. The van der Waals surface area contributed by atoms with Crippen LogP contribution < -0.4 is 5.69 Å². The molecule has 0 amide bonds. The molecule has 1 aromatic heterocycles. The quantitative estimate of drug-likeness (QED) is 0.729. The Morgan fingerprint density at radius 3 is 2.52 bits per heavy atom. The van der Waals surface area contributed by atoms with Crippen LogP contribution in [-0.4, -0.2) is 26.9 Å². The molecule has 2 N–H and O–H groups in total. The van der Waals surface area contributed by atoms with Crippen LogP contribution in [0.3, 0.4) is 0 Å². The van der Waals surface area contributed by atoms with Gasteiger partial charge in [0, 0.05) is 4.90 Å². The maximum absolute atomic E-state index is 12.1. The molecule has 21 heavy (non-hydrogen) atoms. The third kappa shape index (κ3) is 2.34. The van der Waals surface area contributed by atoms with Crippen LogP contribution in [0.4, 0.5) is 0 Å². The zero-order valence-electron chi connectivity index (χ0n) is 11.2. The van der Waals surface area contributed by atoms with Crippen molar-refractivity contribution in [2.24, 2.45) is 0 Å². The van der Waals surface area contributed by atoms with E-state index in [0.717, 1.165) is 10.6 Å². The minimum Gasteiger partial charge on any atom is -0.478 e. The average Bonchev–Trinajstić information content (AvgIpc) is 2.82. The lowest BCUT2D eigenvalue weighted by molar-refractivity contribution is 0.0697. The molecule has 106 valence electrons. The number of carboxylic acids is 1. The summed E-state index contributed by atoms with van der Waals surface area (Å²) in [6, 6.07) is 12.2. The van der Waals surface area contributed by atoms with Crippen LogP contribution in [0.2, 0.25) is 0 Å². The van der Waals surface area contributed by atoms with E-state index < -0.39 is 5.97 Å². The number of thioether (sulfide) groups is 1. The Morgan fingerprint density at radius 2 is 1.90 bits per heavy atom. The number of hydrogen-bond donors (Lipinski definition) is 2. The van der Waals surface area contributed by atoms with Gasteiger partial charge in [0.15, 0.2) is 0 Å². The first-order chi connectivity index (χ1) is 10.1. The molecule has 0 aliphatic carbocycles. The molecular weight excluding hydrogens is 288 g/mol. The van der Waals surface area contributed by atoms with E-state index in [1.54, 1.807) is 17.8 Å². The summed E-state index contributed by atoms with van der Waals surface area (Å²) < 4.78 is 1.53. The van der Waals surface area contributed by atoms with Gasteiger partial charge in [-0.05, 0) is 48.7 Å². The van der Waals surface area contributed by atoms with Crippen molar-refractivity contribution in [2.75, 3.05) is 6.26 Å². The predicted octanol–water partition coefficient (Wildman–Crippen LogP) is 2.74. The Labute approximate surface area is 124 Å². The number of hydrogen-bond acceptors (Lipinski definition) is 3. The summed E-state index contributed by atoms with van der Waals surface area (Å²) in [5.41, 5.74) is 1.76. The zero-order valence-corrected chi connectivity index (χ0v) is 12.0. The number of aromatic carboxylic acids is 1. The lowest BCUT2D eigenvalue weighted by atomic mass is 10.2. The van der Waals surface area contributed by atoms with Gasteiger partial charge in [0.2, 0.25) is 0 Å². The Bertz CT molecular complexity index is 878. The van der Waals surface area contributed by atoms with Crippen molar-refractivity contribution in [3.8, 4) is 5.69 Å². The summed E-state index contributed by atoms with van der Waals surface area (Å²) in [5.74, 6) is -1.02. The van der Waals surface area contributed by atoms with E-state index in [0.29, 0.717) is 11.0 Å². The molecule has 0 saturated heterocycles. The summed E-state index contributed by atoms with van der Waals surface area (Å²) in [5, 5.41) is 8.99. The number of aromatic nitrogens is 2. The highest BCUT2D eigenvalue weighted by Gasteiger charge is 2.11. The third-order valence-corrected chi connectivity index (χ3v) is 4.00. The highest BCUT2D eigenvalue weighted by atomic mass is 32.2. The van der Waals surface area contributed by atoms with E-state index in [1.165, 1.54) is 16.7 Å². The van der Waals surface area contributed by atoms with Gasteiger partial charge in [0.25, 0.3) is 0 Å². The highest BCUT2D eigenvalue weighted by molar-refractivity contribution is 7.98. The van der Waals surface area contributed by atoms with Crippen molar-refractivity contribution >= 4 is 28.8 Å². The van der Waals surface area contributed by atoms with Crippen LogP contribution >= 0.6 is 11.8 Å². The molecule has 3 aromatic rings. The van der Waals surface area contributed by atoms with Gasteiger partial charge in [-0.15, -0.1) is 11.8 Å². The lowest BCUT2D eigenvalue weighted by Gasteiger charge is -2.04. The summed E-state index contributed by atoms with van der Waals surface area (Å²) in [4.78, 5) is 26.9. The maximum atomic E-state index is 12.1. The summed E-state index contributed by atoms with van der Waals surface area (Å²) in [6.45, 7) is 0. The minimum absolute atomic E-state index is 0.147. The van der Waals surface area contributed by atoms with Gasteiger partial charge >= 0.3 is 11.7 Å². The Balaban J connectivity index is 2.20. The molecule has 0 aliphatic heterocycles. The number of rotatable bonds is 3. The van der Waals surface area contributed by atoms with Crippen LogP contribution in [0.15, 0.2) is 52.2 Å². The van der Waals surface area contributed by atoms with Crippen molar-refractivity contribution in [3.63, 3.8) is 0 Å². The molecule has 0 aliphatic rings. The topological polar surface area (TPSA) is 75.1 Å². The van der Waals surface area contributed by atoms with Crippen LogP contribution in [0.5, 0.6) is 0 Å². The fourth-order valence-electron chi connectivity index (χ4n) is 2.23. The van der Waals surface area contributed by atoms with Gasteiger partial charge in [0.05, 0.1) is 22.3 Å². The fourth-order valence-corrected chi connectivity index (χ4v) is 2.64. The smallest absolute Gasteiger partial charge is 0.335 e. The molecule has 0 bridgehead atoms. The second-order valence-electron chi connectivity index (χ2n) is 4.50. The van der Waals surface area contributed by atoms with Gasteiger partial charge in [-0.25, -0.2) is 9.59 Å². The molecule has 0 fully saturated rings. The van der Waals surface area contributed by atoms with E-state index in [1.807, 2.05) is 30.5 Å². The van der Waals surface area contributed by atoms with Crippen molar-refractivity contribution in [3.05, 3.63) is 58.5 Å². The van der Waals surface area contributed by atoms with Crippen molar-refractivity contribution in [1.82, 2.24) is 9.55 Å². The van der Waals surface area contributed by atoms with Crippen molar-refractivity contribution in [1.29, 1.82) is 0 Å². The number of H-pyrrole nitrogens is 1. The van der Waals surface area contributed by atoms with Crippen LogP contribution in [-0.2, 0) is 0 Å². The van der Waals surface area contributed by atoms with Crippen molar-refractivity contribution in [2.45, 2.75) is 4.90 Å². The number of carboxylic acid groups (broad SMARTS) is 1. The van der Waals surface area contributed by atoms with E-state index in [-0.39, 0.29) is 11.3 Å². The van der Waals surface area contributed by atoms with E-state index >= 15 is 0 Å². The number of imidazole rings is 1. The van der Waals surface area contributed by atoms with E-state index in [2.05, 4.69) is 4.98 Å². The van der Waals surface area contributed by atoms with Crippen molar-refractivity contribution < 1.29 is 9.90 Å². The molecule has 1 heterocycles. The Morgan fingerprint density at radius 1 is 1.19 bits per heavy atom. The second kappa shape index (κ2) is 5.14. The van der Waals surface area contributed by atoms with Gasteiger partial charge in [-0.3, -0.25) is 4.57 Å². The summed E-state index contributed by atoms with van der Waals surface area (Å²) in [7, 11) is 0. The number of nitrogens with zero attached hydrogens (tertiary/aromatic N) is 1. The molecular formula is C15H12N2O3S. The first-order valence-corrected chi connectivity index (χ1v) is 7.45. The number of carbonyl (C=O) groups is 1. The van der Waals surface area contributed by atoms with Gasteiger partial charge < -0.3 is 10.1 Å². The average molecular weight is 300 g/mol. The monoisotopic (exact) mass is 300 g/mol. The number of fused-ring (bicyclic) bond motifs is 1. The first kappa shape index (κ1) is 13.5. The molecule has 2 aromatic carbocycles. The SMILES string of the molecule is CSc1ccc(-n2c(=O)[nH]c3cc(C(=O)O)ccc32)cc1. The van der Waals surface area contributed by atoms with Gasteiger partial charge in [-0.1, -0.05) is 0 Å². The molecule has 0 saturated carbocycles. The van der Waals surface area contributed by atoms with E-state index in [4.69, 9.17) is 5.11 Å². The van der Waals surface area contributed by atoms with Crippen LogP contribution in [0.1, 0.15) is 10.4 Å². The normalized spacial score (nSPS) is 10.9. The first-order valence-electron chi connectivity index (χ1n) is 6.22. The fraction of sp³-hybridized carbons (Fsp3) is 0.0667. The highest BCUT2D eigenvalue weighted by Crippen LogP contribution is 2.20. The molecule has 0 radical (unpaired) electrons. The Hall–Kier alpha value is -2.47. The number of benzene rings is 2.